The van der Waals surface area contributed by atoms with Gasteiger partial charge in [0.25, 0.3) is 5.91 Å². The maximum Gasteiger partial charge on any atom is 0.312 e. The molecule has 0 bridgehead atoms. The van der Waals surface area contributed by atoms with Gasteiger partial charge in [-0.05, 0) is 43.7 Å². The van der Waals surface area contributed by atoms with E-state index in [9.17, 15) is 23.3 Å². The van der Waals surface area contributed by atoms with E-state index in [0.29, 0.717) is 10.7 Å². The zero-order chi connectivity index (χ0) is 20.4. The molecule has 2 aromatic carbocycles. The average molecular weight is 414 g/mol. The van der Waals surface area contributed by atoms with E-state index in [2.05, 4.69) is 5.32 Å². The number of nitro groups is 1. The minimum absolute atomic E-state index is 0.266. The molecule has 1 atom stereocenters. The van der Waals surface area contributed by atoms with Crippen molar-refractivity contribution in [3.63, 3.8) is 0 Å². The van der Waals surface area contributed by atoms with E-state index in [1.807, 2.05) is 0 Å². The molecular weight excluding hydrogens is 398 g/mol. The number of halogens is 1. The number of nitro benzene ring substituents is 1. The zero-order valence-corrected chi connectivity index (χ0v) is 15.9. The summed E-state index contributed by atoms with van der Waals surface area (Å²) >= 11 is 5.90. The SMILES string of the molecule is Cc1ccc(Cl)cc1NC(=O)[C@H](C)Oc1ccc(S(N)(=O)=O)cc1[N+](=O)[O-]. The molecule has 0 spiro atoms. The van der Waals surface area contributed by atoms with Crippen molar-refractivity contribution in [2.75, 3.05) is 5.32 Å². The number of ether oxygens (including phenoxy) is 1. The molecule has 1 amide bonds. The standard InChI is InChI=1S/C16H16ClN3O6S/c1-9-3-4-11(17)7-13(9)19-16(21)10(2)26-15-6-5-12(27(18,24)25)8-14(15)20(22)23/h3-8,10H,1-2H3,(H,19,21)(H2,18,24,25)/t10-/m0/s1. The van der Waals surface area contributed by atoms with Crippen molar-refractivity contribution < 1.29 is 22.9 Å². The normalized spacial score (nSPS) is 12.3. The molecule has 3 N–H and O–H groups in total. The summed E-state index contributed by atoms with van der Waals surface area (Å²) in [5, 5.41) is 19.2. The van der Waals surface area contributed by atoms with E-state index in [1.54, 1.807) is 25.1 Å². The predicted octanol–water partition coefficient (Wildman–Crippen LogP) is 2.61. The summed E-state index contributed by atoms with van der Waals surface area (Å²) in [4.78, 5) is 22.3. The Morgan fingerprint density at radius 3 is 2.56 bits per heavy atom. The quantitative estimate of drug-likeness (QED) is 0.550. The molecular formula is C16H16ClN3O6S. The number of nitrogens with zero attached hydrogens (tertiary/aromatic N) is 1. The highest BCUT2D eigenvalue weighted by Gasteiger charge is 2.24. The molecule has 2 rings (SSSR count). The number of hydrogen-bond acceptors (Lipinski definition) is 6. The summed E-state index contributed by atoms with van der Waals surface area (Å²) < 4.78 is 28.1. The Morgan fingerprint density at radius 1 is 1.30 bits per heavy atom. The fourth-order valence-electron chi connectivity index (χ4n) is 2.12. The van der Waals surface area contributed by atoms with Crippen LogP contribution >= 0.6 is 11.6 Å². The Hall–Kier alpha value is -2.69. The summed E-state index contributed by atoms with van der Waals surface area (Å²) in [7, 11) is -4.12. The maximum atomic E-state index is 12.3. The van der Waals surface area contributed by atoms with Gasteiger partial charge in [0, 0.05) is 16.8 Å². The highest BCUT2D eigenvalue weighted by molar-refractivity contribution is 7.89. The van der Waals surface area contributed by atoms with Crippen LogP contribution in [0.3, 0.4) is 0 Å². The number of benzene rings is 2. The summed E-state index contributed by atoms with van der Waals surface area (Å²) in [6.07, 6.45) is -1.11. The third kappa shape index (κ3) is 5.16. The minimum atomic E-state index is -4.12. The minimum Gasteiger partial charge on any atom is -0.474 e. The van der Waals surface area contributed by atoms with Crippen LogP contribution in [0.4, 0.5) is 11.4 Å². The van der Waals surface area contributed by atoms with Crippen molar-refractivity contribution in [1.82, 2.24) is 0 Å². The van der Waals surface area contributed by atoms with Crippen LogP contribution in [-0.2, 0) is 14.8 Å². The first-order valence-electron chi connectivity index (χ1n) is 7.54. The lowest BCUT2D eigenvalue weighted by Gasteiger charge is -2.16. The first kappa shape index (κ1) is 20.6. The number of aryl methyl sites for hydroxylation is 1. The molecule has 0 unspecified atom stereocenters. The van der Waals surface area contributed by atoms with E-state index in [1.165, 1.54) is 6.92 Å². The van der Waals surface area contributed by atoms with Gasteiger partial charge in [0.1, 0.15) is 0 Å². The number of rotatable bonds is 6. The van der Waals surface area contributed by atoms with Gasteiger partial charge in [0.15, 0.2) is 11.9 Å². The van der Waals surface area contributed by atoms with E-state index < -0.39 is 37.5 Å². The Kier molecular flexibility index (Phi) is 6.04. The number of sulfonamides is 1. The number of hydrogen-bond donors (Lipinski definition) is 2. The molecule has 0 aliphatic rings. The number of carbonyl (C=O) groups is 1. The largest absolute Gasteiger partial charge is 0.474 e. The van der Waals surface area contributed by atoms with Crippen molar-refractivity contribution in [2.45, 2.75) is 24.8 Å². The van der Waals surface area contributed by atoms with Crippen LogP contribution < -0.4 is 15.2 Å². The van der Waals surface area contributed by atoms with Crippen LogP contribution in [0.5, 0.6) is 5.75 Å². The zero-order valence-electron chi connectivity index (χ0n) is 14.3. The van der Waals surface area contributed by atoms with Crippen LogP contribution in [0.15, 0.2) is 41.3 Å². The number of anilines is 1. The first-order valence-corrected chi connectivity index (χ1v) is 9.46. The molecule has 0 aliphatic carbocycles. The van der Waals surface area contributed by atoms with Gasteiger partial charge in [-0.3, -0.25) is 14.9 Å². The molecule has 0 radical (unpaired) electrons. The Bertz CT molecular complexity index is 1010. The molecule has 9 nitrogen and oxygen atoms in total. The van der Waals surface area contributed by atoms with E-state index in [0.717, 1.165) is 23.8 Å². The number of primary sulfonamides is 1. The van der Waals surface area contributed by atoms with Crippen LogP contribution in [0.2, 0.25) is 5.02 Å². The van der Waals surface area contributed by atoms with E-state index in [-0.39, 0.29) is 5.75 Å². The van der Waals surface area contributed by atoms with Crippen LogP contribution in [-0.4, -0.2) is 25.4 Å². The fourth-order valence-corrected chi connectivity index (χ4v) is 2.83. The lowest BCUT2D eigenvalue weighted by Crippen LogP contribution is -2.30. The van der Waals surface area contributed by atoms with Gasteiger partial charge in [-0.25, -0.2) is 13.6 Å². The Balaban J connectivity index is 2.24. The second kappa shape index (κ2) is 7.91. The van der Waals surface area contributed by atoms with Gasteiger partial charge in [-0.2, -0.15) is 0 Å². The third-order valence-corrected chi connectivity index (χ3v) is 4.73. The highest BCUT2D eigenvalue weighted by Crippen LogP contribution is 2.30. The van der Waals surface area contributed by atoms with Crippen molar-refractivity contribution in [1.29, 1.82) is 0 Å². The molecule has 11 heteroatoms. The van der Waals surface area contributed by atoms with Gasteiger partial charge in [-0.1, -0.05) is 17.7 Å². The van der Waals surface area contributed by atoms with Gasteiger partial charge in [0.05, 0.1) is 9.82 Å². The number of nitrogens with two attached hydrogens (primary N) is 1. The smallest absolute Gasteiger partial charge is 0.312 e. The first-order chi connectivity index (χ1) is 12.5. The molecule has 0 aliphatic heterocycles. The number of carbonyl (C=O) groups excluding carboxylic acids is 1. The summed E-state index contributed by atoms with van der Waals surface area (Å²) in [5.41, 5.74) is 0.616. The molecule has 0 aromatic heterocycles. The summed E-state index contributed by atoms with van der Waals surface area (Å²) in [6.45, 7) is 3.17. The van der Waals surface area contributed by atoms with Gasteiger partial charge < -0.3 is 10.1 Å². The van der Waals surface area contributed by atoms with Crippen molar-refractivity contribution in [3.8, 4) is 5.75 Å². The van der Waals surface area contributed by atoms with Crippen LogP contribution in [0.25, 0.3) is 0 Å². The lowest BCUT2D eigenvalue weighted by molar-refractivity contribution is -0.386. The topological polar surface area (TPSA) is 142 Å². The molecule has 27 heavy (non-hydrogen) atoms. The molecule has 0 fully saturated rings. The van der Waals surface area contributed by atoms with Crippen molar-refractivity contribution >= 4 is 38.9 Å². The number of amides is 1. The molecule has 0 saturated carbocycles. The van der Waals surface area contributed by atoms with Gasteiger partial charge in [0.2, 0.25) is 10.0 Å². The van der Waals surface area contributed by atoms with Crippen molar-refractivity contribution in [2.24, 2.45) is 5.14 Å². The second-order valence-corrected chi connectivity index (χ2v) is 7.64. The van der Waals surface area contributed by atoms with Gasteiger partial charge >= 0.3 is 5.69 Å². The molecule has 0 saturated heterocycles. The monoisotopic (exact) mass is 413 g/mol. The van der Waals surface area contributed by atoms with E-state index in [4.69, 9.17) is 21.5 Å². The van der Waals surface area contributed by atoms with Gasteiger partial charge in [-0.15, -0.1) is 0 Å². The Morgan fingerprint density at radius 2 is 1.96 bits per heavy atom. The van der Waals surface area contributed by atoms with Crippen molar-refractivity contribution in [3.05, 3.63) is 57.1 Å². The average Bonchev–Trinajstić information content (AvgIpc) is 2.57. The predicted molar refractivity (Wildman–Crippen MR) is 99.4 cm³/mol. The molecule has 2 aromatic rings. The van der Waals surface area contributed by atoms with E-state index >= 15 is 0 Å². The fraction of sp³-hybridized carbons (Fsp3) is 0.188. The molecule has 0 heterocycles. The number of nitrogens with one attached hydrogen (secondary N) is 1. The van der Waals surface area contributed by atoms with Crippen LogP contribution in [0, 0.1) is 17.0 Å². The third-order valence-electron chi connectivity index (χ3n) is 3.59. The highest BCUT2D eigenvalue weighted by atomic mass is 35.5. The Labute approximate surface area is 160 Å². The maximum absolute atomic E-state index is 12.3. The van der Waals surface area contributed by atoms with Crippen LogP contribution in [0.1, 0.15) is 12.5 Å². The summed E-state index contributed by atoms with van der Waals surface area (Å²) in [5.74, 6) is -0.831. The molecule has 144 valence electrons. The second-order valence-electron chi connectivity index (χ2n) is 5.64. The lowest BCUT2D eigenvalue weighted by atomic mass is 10.2. The summed E-state index contributed by atoms with van der Waals surface area (Å²) in [6, 6.07) is 7.86.